The SMILES string of the molecule is C[C@@H](c1cccc([N+](=O)[O-])c1)N(C)C(=O)CNC(=O)CC12CC3CC(CC(C3)C1)C2. The molecule has 2 amide bonds. The normalized spacial score (nSPS) is 30.0. The predicted molar refractivity (Wildman–Crippen MR) is 113 cm³/mol. The molecular formula is C23H31N3O4. The van der Waals surface area contributed by atoms with Crippen LogP contribution in [0.4, 0.5) is 5.69 Å². The Morgan fingerprint density at radius 2 is 1.80 bits per heavy atom. The lowest BCUT2D eigenvalue weighted by Gasteiger charge is -2.56. The number of nitro benzene ring substituents is 1. The zero-order chi connectivity index (χ0) is 21.5. The lowest BCUT2D eigenvalue weighted by Crippen LogP contribution is -2.48. The van der Waals surface area contributed by atoms with E-state index in [-0.39, 0.29) is 35.5 Å². The molecule has 30 heavy (non-hydrogen) atoms. The van der Waals surface area contributed by atoms with E-state index in [4.69, 9.17) is 0 Å². The third-order valence-corrected chi connectivity index (χ3v) is 7.68. The zero-order valence-electron chi connectivity index (χ0n) is 17.8. The van der Waals surface area contributed by atoms with Crippen molar-refractivity contribution in [1.82, 2.24) is 10.2 Å². The summed E-state index contributed by atoms with van der Waals surface area (Å²) in [5.41, 5.74) is 0.855. The number of likely N-dealkylation sites (N-methyl/N-ethyl adjacent to an activating group) is 1. The third kappa shape index (κ3) is 4.20. The Hall–Kier alpha value is -2.44. The number of carbonyl (C=O) groups is 2. The fourth-order valence-electron chi connectivity index (χ4n) is 6.55. The van der Waals surface area contributed by atoms with Gasteiger partial charge in [-0.05, 0) is 74.2 Å². The molecule has 4 bridgehead atoms. The number of non-ortho nitro benzene ring substituents is 1. The van der Waals surface area contributed by atoms with Crippen molar-refractivity contribution < 1.29 is 14.5 Å². The summed E-state index contributed by atoms with van der Waals surface area (Å²) in [7, 11) is 1.66. The van der Waals surface area contributed by atoms with Gasteiger partial charge in [0.05, 0.1) is 17.5 Å². The summed E-state index contributed by atoms with van der Waals surface area (Å²) in [4.78, 5) is 37.4. The number of benzene rings is 1. The van der Waals surface area contributed by atoms with Crippen molar-refractivity contribution in [2.75, 3.05) is 13.6 Å². The van der Waals surface area contributed by atoms with E-state index in [1.807, 2.05) is 6.92 Å². The van der Waals surface area contributed by atoms with Crippen molar-refractivity contribution in [2.45, 2.75) is 57.9 Å². The summed E-state index contributed by atoms with van der Waals surface area (Å²) in [6.45, 7) is 1.79. The number of rotatable bonds is 7. The van der Waals surface area contributed by atoms with E-state index in [2.05, 4.69) is 5.32 Å². The van der Waals surface area contributed by atoms with Crippen LogP contribution in [0.5, 0.6) is 0 Å². The van der Waals surface area contributed by atoms with E-state index in [0.717, 1.165) is 17.8 Å². The average Bonchev–Trinajstić information content (AvgIpc) is 2.69. The van der Waals surface area contributed by atoms with Crippen LogP contribution >= 0.6 is 0 Å². The lowest BCUT2D eigenvalue weighted by atomic mass is 9.49. The van der Waals surface area contributed by atoms with E-state index in [9.17, 15) is 19.7 Å². The maximum Gasteiger partial charge on any atom is 0.269 e. The molecule has 1 N–H and O–H groups in total. The molecule has 7 heteroatoms. The van der Waals surface area contributed by atoms with E-state index in [1.54, 1.807) is 19.2 Å². The van der Waals surface area contributed by atoms with E-state index in [1.165, 1.54) is 55.6 Å². The van der Waals surface area contributed by atoms with Crippen molar-refractivity contribution in [3.63, 3.8) is 0 Å². The summed E-state index contributed by atoms with van der Waals surface area (Å²) >= 11 is 0. The standard InChI is InChI=1S/C23H31N3O4/c1-15(19-4-3-5-20(9-19)26(29)30)25(2)22(28)14-24-21(27)13-23-10-16-6-17(11-23)8-18(7-16)12-23/h3-5,9,15-18H,6-8,10-14H2,1-2H3,(H,24,27)/t15-,16?,17?,18?,23?/m0/s1. The van der Waals surface area contributed by atoms with Crippen molar-refractivity contribution in [2.24, 2.45) is 23.2 Å². The minimum absolute atomic E-state index is 0.00377. The fraction of sp³-hybridized carbons (Fsp3) is 0.652. The molecule has 1 aromatic carbocycles. The largest absolute Gasteiger partial charge is 0.347 e. The molecule has 0 heterocycles. The molecule has 0 saturated heterocycles. The topological polar surface area (TPSA) is 92.6 Å². The van der Waals surface area contributed by atoms with Gasteiger partial charge in [-0.3, -0.25) is 19.7 Å². The number of nitro groups is 1. The number of nitrogens with zero attached hydrogens (tertiary/aromatic N) is 2. The molecule has 0 aromatic heterocycles. The second kappa shape index (κ2) is 8.00. The van der Waals surface area contributed by atoms with Gasteiger partial charge in [-0.25, -0.2) is 0 Å². The summed E-state index contributed by atoms with van der Waals surface area (Å²) in [5, 5.41) is 13.8. The molecule has 4 aliphatic rings. The Bertz CT molecular complexity index is 817. The van der Waals surface area contributed by atoms with Crippen molar-refractivity contribution in [1.29, 1.82) is 0 Å². The molecule has 0 radical (unpaired) electrons. The van der Waals surface area contributed by atoms with Crippen LogP contribution in [0.3, 0.4) is 0 Å². The zero-order valence-corrected chi connectivity index (χ0v) is 17.8. The van der Waals surface area contributed by atoms with Crippen molar-refractivity contribution >= 4 is 17.5 Å². The molecule has 0 aliphatic heterocycles. The molecule has 162 valence electrons. The number of hydrogen-bond donors (Lipinski definition) is 1. The highest BCUT2D eigenvalue weighted by molar-refractivity contribution is 5.85. The smallest absolute Gasteiger partial charge is 0.269 e. The first-order valence-electron chi connectivity index (χ1n) is 11.0. The molecule has 4 saturated carbocycles. The second-order valence-electron chi connectivity index (χ2n) is 9.90. The molecule has 1 atom stereocenters. The van der Waals surface area contributed by atoms with Gasteiger partial charge in [0, 0.05) is 25.6 Å². The van der Waals surface area contributed by atoms with Crippen LogP contribution in [-0.2, 0) is 9.59 Å². The Morgan fingerprint density at radius 3 is 2.37 bits per heavy atom. The number of carbonyl (C=O) groups excluding carboxylic acids is 2. The maximum atomic E-state index is 12.7. The molecule has 4 aliphatic carbocycles. The Kier molecular flexibility index (Phi) is 5.55. The molecule has 5 rings (SSSR count). The Morgan fingerprint density at radius 1 is 1.20 bits per heavy atom. The third-order valence-electron chi connectivity index (χ3n) is 7.68. The minimum Gasteiger partial charge on any atom is -0.347 e. The molecule has 0 unspecified atom stereocenters. The second-order valence-corrected chi connectivity index (χ2v) is 9.90. The Balaban J connectivity index is 1.30. The lowest BCUT2D eigenvalue weighted by molar-refractivity contribution is -0.384. The van der Waals surface area contributed by atoms with Crippen LogP contribution in [0.15, 0.2) is 24.3 Å². The van der Waals surface area contributed by atoms with Gasteiger partial charge >= 0.3 is 0 Å². The number of nitrogens with one attached hydrogen (secondary N) is 1. The molecule has 0 spiro atoms. The quantitative estimate of drug-likeness (QED) is 0.543. The van der Waals surface area contributed by atoms with Crippen LogP contribution in [0.25, 0.3) is 0 Å². The van der Waals surface area contributed by atoms with E-state index in [0.29, 0.717) is 12.0 Å². The van der Waals surface area contributed by atoms with Crippen LogP contribution in [0.1, 0.15) is 63.5 Å². The minimum atomic E-state index is -0.442. The molecule has 4 fully saturated rings. The first-order valence-corrected chi connectivity index (χ1v) is 11.0. The van der Waals surface area contributed by atoms with Gasteiger partial charge < -0.3 is 10.2 Å². The van der Waals surface area contributed by atoms with Gasteiger partial charge in [-0.1, -0.05) is 12.1 Å². The van der Waals surface area contributed by atoms with E-state index >= 15 is 0 Å². The first-order chi connectivity index (χ1) is 14.2. The molecule has 7 nitrogen and oxygen atoms in total. The summed E-state index contributed by atoms with van der Waals surface area (Å²) in [5.74, 6) is 2.17. The summed E-state index contributed by atoms with van der Waals surface area (Å²) < 4.78 is 0. The van der Waals surface area contributed by atoms with Crippen LogP contribution < -0.4 is 5.32 Å². The monoisotopic (exact) mass is 413 g/mol. The summed E-state index contributed by atoms with van der Waals surface area (Å²) in [6.07, 6.45) is 8.09. The first kappa shape index (κ1) is 20.8. The van der Waals surface area contributed by atoms with Crippen LogP contribution in [-0.4, -0.2) is 35.2 Å². The maximum absolute atomic E-state index is 12.7. The van der Waals surface area contributed by atoms with Crippen molar-refractivity contribution in [3.8, 4) is 0 Å². The summed E-state index contributed by atoms with van der Waals surface area (Å²) in [6, 6.07) is 5.99. The van der Waals surface area contributed by atoms with Gasteiger partial charge in [-0.15, -0.1) is 0 Å². The number of hydrogen-bond acceptors (Lipinski definition) is 4. The highest BCUT2D eigenvalue weighted by Gasteiger charge is 2.51. The van der Waals surface area contributed by atoms with Crippen molar-refractivity contribution in [3.05, 3.63) is 39.9 Å². The highest BCUT2D eigenvalue weighted by atomic mass is 16.6. The predicted octanol–water partition coefficient (Wildman–Crippen LogP) is 3.84. The van der Waals surface area contributed by atoms with Crippen LogP contribution in [0.2, 0.25) is 0 Å². The van der Waals surface area contributed by atoms with Gasteiger partial charge in [-0.2, -0.15) is 0 Å². The van der Waals surface area contributed by atoms with E-state index < -0.39 is 4.92 Å². The van der Waals surface area contributed by atoms with Gasteiger partial charge in [0.15, 0.2) is 0 Å². The fourth-order valence-corrected chi connectivity index (χ4v) is 6.55. The van der Waals surface area contributed by atoms with Crippen LogP contribution in [0, 0.1) is 33.3 Å². The Labute approximate surface area is 177 Å². The van der Waals surface area contributed by atoms with Gasteiger partial charge in [0.25, 0.3) is 5.69 Å². The molecule has 1 aromatic rings. The number of amides is 2. The highest BCUT2D eigenvalue weighted by Crippen LogP contribution is 2.61. The average molecular weight is 414 g/mol. The van der Waals surface area contributed by atoms with Gasteiger partial charge in [0.2, 0.25) is 11.8 Å². The molecular weight excluding hydrogens is 382 g/mol. The van der Waals surface area contributed by atoms with Gasteiger partial charge in [0.1, 0.15) is 0 Å².